The number of hydrogen-bond acceptors (Lipinski definition) is 3. The summed E-state index contributed by atoms with van der Waals surface area (Å²) in [5.74, 6) is -12.8. The van der Waals surface area contributed by atoms with Crippen LogP contribution in [0.4, 0.5) is 22.0 Å². The van der Waals surface area contributed by atoms with Gasteiger partial charge in [0.15, 0.2) is 31.6 Å². The molecule has 29 heavy (non-hydrogen) atoms. The summed E-state index contributed by atoms with van der Waals surface area (Å²) < 4.78 is 79.7. The fourth-order valence-corrected chi connectivity index (χ4v) is 4.69. The largest absolute Gasteiger partial charge is 0.453 e. The van der Waals surface area contributed by atoms with Crippen molar-refractivity contribution in [2.24, 2.45) is 0 Å². The van der Waals surface area contributed by atoms with Crippen LogP contribution in [0.2, 0.25) is 18.1 Å². The SMILES string of the molecule is CC1=C(I)[C@H](OC(=O)c2c(F)c(F)c(F)c(F)c2F)C[C@H]1O[Si](C)(C)C(C)(C)C. The average molecular weight is 548 g/mol. The second-order valence-electron chi connectivity index (χ2n) is 8.47. The first-order valence-electron chi connectivity index (χ1n) is 8.86. The van der Waals surface area contributed by atoms with E-state index in [1.165, 1.54) is 0 Å². The molecule has 0 aromatic heterocycles. The highest BCUT2D eigenvalue weighted by atomic mass is 127. The van der Waals surface area contributed by atoms with Gasteiger partial charge in [-0.2, -0.15) is 0 Å². The fourth-order valence-electron chi connectivity index (χ4n) is 2.62. The molecule has 1 aromatic rings. The predicted molar refractivity (Wildman–Crippen MR) is 109 cm³/mol. The summed E-state index contributed by atoms with van der Waals surface area (Å²) in [5.41, 5.74) is -0.789. The molecule has 0 saturated carbocycles. The molecule has 0 amide bonds. The zero-order chi connectivity index (χ0) is 22.5. The highest BCUT2D eigenvalue weighted by Gasteiger charge is 2.43. The molecule has 0 radical (unpaired) electrons. The van der Waals surface area contributed by atoms with Crippen LogP contribution in [0.15, 0.2) is 9.15 Å². The first-order chi connectivity index (χ1) is 13.1. The van der Waals surface area contributed by atoms with Crippen LogP contribution in [0.3, 0.4) is 0 Å². The predicted octanol–water partition coefficient (Wildman–Crippen LogP) is 6.41. The topological polar surface area (TPSA) is 35.5 Å². The quantitative estimate of drug-likeness (QED) is 0.109. The molecule has 0 bridgehead atoms. The molecular weight excluding hydrogens is 526 g/mol. The van der Waals surface area contributed by atoms with Crippen molar-refractivity contribution in [3.8, 4) is 0 Å². The van der Waals surface area contributed by atoms with Gasteiger partial charge in [-0.3, -0.25) is 0 Å². The van der Waals surface area contributed by atoms with Gasteiger partial charge in [0.2, 0.25) is 5.82 Å². The fraction of sp³-hybridized carbons (Fsp3) is 0.526. The zero-order valence-corrected chi connectivity index (χ0v) is 20.0. The normalized spacial score (nSPS) is 20.4. The Kier molecular flexibility index (Phi) is 6.91. The Hall–Kier alpha value is -1.01. The summed E-state index contributed by atoms with van der Waals surface area (Å²) in [6.45, 7) is 12.1. The van der Waals surface area contributed by atoms with Gasteiger partial charge in [-0.1, -0.05) is 20.8 Å². The Balaban J connectivity index is 2.26. The number of rotatable bonds is 4. The van der Waals surface area contributed by atoms with E-state index in [4.69, 9.17) is 9.16 Å². The molecule has 0 aliphatic heterocycles. The highest BCUT2D eigenvalue weighted by molar-refractivity contribution is 14.1. The minimum Gasteiger partial charge on any atom is -0.453 e. The molecule has 1 aliphatic rings. The van der Waals surface area contributed by atoms with Crippen LogP contribution in [-0.4, -0.2) is 26.5 Å². The summed E-state index contributed by atoms with van der Waals surface area (Å²) in [4.78, 5) is 12.2. The Morgan fingerprint density at radius 3 is 1.86 bits per heavy atom. The summed E-state index contributed by atoms with van der Waals surface area (Å²) in [7, 11) is -2.15. The van der Waals surface area contributed by atoms with Crippen molar-refractivity contribution in [3.05, 3.63) is 43.8 Å². The number of esters is 1. The van der Waals surface area contributed by atoms with Crippen LogP contribution in [0.5, 0.6) is 0 Å². The molecule has 0 fully saturated rings. The average Bonchev–Trinajstić information content (AvgIpc) is 2.85. The third kappa shape index (κ3) is 4.53. The van der Waals surface area contributed by atoms with E-state index in [-0.39, 0.29) is 17.6 Å². The van der Waals surface area contributed by atoms with Crippen molar-refractivity contribution in [1.82, 2.24) is 0 Å². The molecular formula is C19H22F5IO3Si. The first kappa shape index (κ1) is 24.3. The monoisotopic (exact) mass is 548 g/mol. The molecule has 0 unspecified atom stereocenters. The Morgan fingerprint density at radius 1 is 0.966 bits per heavy atom. The smallest absolute Gasteiger partial charge is 0.345 e. The van der Waals surface area contributed by atoms with E-state index in [0.717, 1.165) is 5.57 Å². The Morgan fingerprint density at radius 2 is 1.41 bits per heavy atom. The van der Waals surface area contributed by atoms with Gasteiger partial charge in [-0.05, 0) is 53.2 Å². The van der Waals surface area contributed by atoms with Crippen molar-refractivity contribution in [1.29, 1.82) is 0 Å². The van der Waals surface area contributed by atoms with Crippen molar-refractivity contribution in [3.63, 3.8) is 0 Å². The molecule has 2 rings (SSSR count). The molecule has 2 atom stereocenters. The molecule has 0 heterocycles. The highest BCUT2D eigenvalue weighted by Crippen LogP contribution is 2.42. The van der Waals surface area contributed by atoms with Crippen molar-refractivity contribution in [2.45, 2.75) is 64.5 Å². The van der Waals surface area contributed by atoms with Crippen LogP contribution in [0.1, 0.15) is 44.5 Å². The van der Waals surface area contributed by atoms with Gasteiger partial charge >= 0.3 is 5.97 Å². The van der Waals surface area contributed by atoms with E-state index in [1.54, 1.807) is 6.92 Å². The molecule has 0 saturated heterocycles. The van der Waals surface area contributed by atoms with Crippen LogP contribution in [0.25, 0.3) is 0 Å². The zero-order valence-electron chi connectivity index (χ0n) is 16.9. The third-order valence-corrected chi connectivity index (χ3v) is 11.5. The number of halogens is 6. The summed E-state index contributed by atoms with van der Waals surface area (Å²) in [6.07, 6.45) is -1.05. The number of ether oxygens (including phenoxy) is 1. The van der Waals surface area contributed by atoms with E-state index >= 15 is 0 Å². The molecule has 0 N–H and O–H groups in total. The van der Waals surface area contributed by atoms with Gasteiger partial charge in [0, 0.05) is 10.0 Å². The number of carbonyl (C=O) groups excluding carboxylic acids is 1. The molecule has 1 aromatic carbocycles. The van der Waals surface area contributed by atoms with Gasteiger partial charge in [0.05, 0.1) is 6.10 Å². The van der Waals surface area contributed by atoms with Crippen molar-refractivity contribution < 1.29 is 35.9 Å². The number of carbonyl (C=O) groups is 1. The number of benzene rings is 1. The summed E-state index contributed by atoms with van der Waals surface area (Å²) in [6, 6.07) is 0. The Labute approximate surface area is 180 Å². The summed E-state index contributed by atoms with van der Waals surface area (Å²) in [5, 5.41) is -0.0666. The lowest BCUT2D eigenvalue weighted by molar-refractivity contribution is 0.0334. The molecule has 10 heteroatoms. The maximum atomic E-state index is 13.9. The van der Waals surface area contributed by atoms with E-state index in [0.29, 0.717) is 3.58 Å². The van der Waals surface area contributed by atoms with Gasteiger partial charge in [0.1, 0.15) is 11.7 Å². The maximum absolute atomic E-state index is 13.9. The molecule has 162 valence electrons. The van der Waals surface area contributed by atoms with Crippen LogP contribution in [-0.2, 0) is 9.16 Å². The van der Waals surface area contributed by atoms with Gasteiger partial charge < -0.3 is 9.16 Å². The van der Waals surface area contributed by atoms with Gasteiger partial charge in [-0.25, -0.2) is 26.7 Å². The van der Waals surface area contributed by atoms with Crippen molar-refractivity contribution in [2.75, 3.05) is 0 Å². The first-order valence-corrected chi connectivity index (χ1v) is 12.8. The molecule has 3 nitrogen and oxygen atoms in total. The second kappa shape index (κ2) is 8.25. The summed E-state index contributed by atoms with van der Waals surface area (Å²) >= 11 is 1.94. The van der Waals surface area contributed by atoms with Gasteiger partial charge in [-0.15, -0.1) is 0 Å². The standard InChI is InChI=1S/C19H22F5IO3Si/c1-8-9(28-29(5,6)19(2,3)4)7-10(17(8)25)27-18(26)11-12(20)14(22)16(24)15(23)13(11)21/h9-10H,7H2,1-6H3/t9-,10-/m1/s1. The van der Waals surface area contributed by atoms with Crippen LogP contribution in [0, 0.1) is 29.1 Å². The lowest BCUT2D eigenvalue weighted by Crippen LogP contribution is -2.44. The minimum atomic E-state index is -2.33. The van der Waals surface area contributed by atoms with E-state index in [1.807, 2.05) is 22.6 Å². The lowest BCUT2D eigenvalue weighted by Gasteiger charge is -2.38. The Bertz CT molecular complexity index is 851. The van der Waals surface area contributed by atoms with E-state index in [2.05, 4.69) is 33.9 Å². The van der Waals surface area contributed by atoms with Crippen LogP contribution < -0.4 is 0 Å². The molecule has 0 spiro atoms. The van der Waals surface area contributed by atoms with Crippen LogP contribution >= 0.6 is 22.6 Å². The second-order valence-corrected chi connectivity index (χ2v) is 14.4. The van der Waals surface area contributed by atoms with E-state index < -0.39 is 55.0 Å². The number of hydrogen-bond donors (Lipinski definition) is 0. The minimum absolute atomic E-state index is 0.0666. The molecule has 1 aliphatic carbocycles. The van der Waals surface area contributed by atoms with E-state index in [9.17, 15) is 26.7 Å². The maximum Gasteiger partial charge on any atom is 0.345 e. The van der Waals surface area contributed by atoms with Crippen molar-refractivity contribution >= 4 is 36.9 Å². The third-order valence-electron chi connectivity index (χ3n) is 5.48. The lowest BCUT2D eigenvalue weighted by atomic mass is 10.1. The van der Waals surface area contributed by atoms with Gasteiger partial charge in [0.25, 0.3) is 0 Å².